The van der Waals surface area contributed by atoms with Crippen molar-refractivity contribution < 1.29 is 0 Å². The second kappa shape index (κ2) is 4.22. The van der Waals surface area contributed by atoms with Gasteiger partial charge in [0, 0.05) is 6.20 Å². The van der Waals surface area contributed by atoms with Crippen molar-refractivity contribution in [3.05, 3.63) is 60.0 Å². The van der Waals surface area contributed by atoms with E-state index in [9.17, 15) is 0 Å². The molecule has 3 rings (SSSR count). The summed E-state index contributed by atoms with van der Waals surface area (Å²) in [7, 11) is 0. The lowest BCUT2D eigenvalue weighted by Crippen LogP contribution is -1.79. The van der Waals surface area contributed by atoms with Gasteiger partial charge in [-0.1, -0.05) is 42.5 Å². The van der Waals surface area contributed by atoms with E-state index in [0.29, 0.717) is 0 Å². The molecule has 0 aliphatic heterocycles. The maximum atomic E-state index is 4.26. The number of imidazole rings is 1. The first-order chi connectivity index (χ1) is 8.42. The molecule has 1 aromatic carbocycles. The smallest absolute Gasteiger partial charge is 0.177 e. The van der Waals surface area contributed by atoms with Crippen LogP contribution in [0.25, 0.3) is 23.3 Å². The summed E-state index contributed by atoms with van der Waals surface area (Å²) in [6, 6.07) is 12.2. The molecular formula is C14H11N3. The molecule has 1 N–H and O–H groups in total. The number of hydrogen-bond acceptors (Lipinski definition) is 2. The Morgan fingerprint density at radius 1 is 0.941 bits per heavy atom. The van der Waals surface area contributed by atoms with Crippen LogP contribution in [0.5, 0.6) is 0 Å². The number of benzene rings is 1. The predicted molar refractivity (Wildman–Crippen MR) is 69.3 cm³/mol. The first-order valence-corrected chi connectivity index (χ1v) is 5.44. The fraction of sp³-hybridized carbons (Fsp3) is 0. The zero-order valence-corrected chi connectivity index (χ0v) is 9.17. The third-order valence-corrected chi connectivity index (χ3v) is 2.56. The van der Waals surface area contributed by atoms with Crippen LogP contribution in [-0.2, 0) is 0 Å². The van der Waals surface area contributed by atoms with Crippen molar-refractivity contribution in [2.45, 2.75) is 0 Å². The average molecular weight is 221 g/mol. The molecule has 0 unspecified atom stereocenters. The van der Waals surface area contributed by atoms with Gasteiger partial charge in [-0.15, -0.1) is 0 Å². The van der Waals surface area contributed by atoms with Crippen molar-refractivity contribution in [2.75, 3.05) is 0 Å². The average Bonchev–Trinajstić information content (AvgIpc) is 2.85. The fourth-order valence-electron chi connectivity index (χ4n) is 1.69. The number of aromatic amines is 1. The van der Waals surface area contributed by atoms with Crippen molar-refractivity contribution in [3.8, 4) is 0 Å². The highest BCUT2D eigenvalue weighted by molar-refractivity contribution is 5.76. The lowest BCUT2D eigenvalue weighted by Gasteiger charge is -1.94. The third-order valence-electron chi connectivity index (χ3n) is 2.56. The SMILES string of the molecule is C(=Cc1cnc2nc[nH]c2c1)c1ccccc1. The number of H-pyrrole nitrogens is 1. The van der Waals surface area contributed by atoms with E-state index < -0.39 is 0 Å². The first kappa shape index (κ1) is 9.78. The van der Waals surface area contributed by atoms with Crippen LogP contribution in [0.2, 0.25) is 0 Å². The summed E-state index contributed by atoms with van der Waals surface area (Å²) in [5, 5.41) is 0. The lowest BCUT2D eigenvalue weighted by atomic mass is 10.2. The largest absolute Gasteiger partial charge is 0.343 e. The van der Waals surface area contributed by atoms with Crippen molar-refractivity contribution in [1.29, 1.82) is 0 Å². The Balaban J connectivity index is 1.92. The highest BCUT2D eigenvalue weighted by atomic mass is 14.9. The predicted octanol–water partition coefficient (Wildman–Crippen LogP) is 3.13. The van der Waals surface area contributed by atoms with E-state index in [1.807, 2.05) is 36.5 Å². The zero-order valence-electron chi connectivity index (χ0n) is 9.17. The second-order valence-electron chi connectivity index (χ2n) is 3.79. The van der Waals surface area contributed by atoms with Gasteiger partial charge in [0.05, 0.1) is 11.8 Å². The Labute approximate surface area is 98.9 Å². The van der Waals surface area contributed by atoms with E-state index >= 15 is 0 Å². The van der Waals surface area contributed by atoms with E-state index in [0.717, 1.165) is 16.7 Å². The minimum Gasteiger partial charge on any atom is -0.343 e. The monoisotopic (exact) mass is 221 g/mol. The summed E-state index contributed by atoms with van der Waals surface area (Å²) in [4.78, 5) is 11.4. The van der Waals surface area contributed by atoms with E-state index in [4.69, 9.17) is 0 Å². The Bertz CT molecular complexity index is 653. The normalized spacial score (nSPS) is 11.3. The molecule has 2 aromatic heterocycles. The van der Waals surface area contributed by atoms with Crippen LogP contribution in [-0.4, -0.2) is 15.0 Å². The summed E-state index contributed by atoms with van der Waals surface area (Å²) in [5.74, 6) is 0. The molecular weight excluding hydrogens is 210 g/mol. The molecule has 0 atom stereocenters. The molecule has 3 heteroatoms. The molecule has 17 heavy (non-hydrogen) atoms. The van der Waals surface area contributed by atoms with Crippen molar-refractivity contribution in [1.82, 2.24) is 15.0 Å². The van der Waals surface area contributed by atoms with Gasteiger partial charge in [-0.2, -0.15) is 0 Å². The summed E-state index contributed by atoms with van der Waals surface area (Å²) in [6.07, 6.45) is 7.59. The molecule has 0 aliphatic rings. The molecule has 0 bridgehead atoms. The Morgan fingerprint density at radius 3 is 2.65 bits per heavy atom. The van der Waals surface area contributed by atoms with E-state index in [1.54, 1.807) is 6.33 Å². The van der Waals surface area contributed by atoms with Gasteiger partial charge < -0.3 is 4.98 Å². The Hall–Kier alpha value is -2.42. The van der Waals surface area contributed by atoms with E-state index in [1.165, 1.54) is 5.56 Å². The van der Waals surface area contributed by atoms with Gasteiger partial charge in [-0.3, -0.25) is 0 Å². The Morgan fingerprint density at radius 2 is 1.76 bits per heavy atom. The number of nitrogens with zero attached hydrogens (tertiary/aromatic N) is 2. The van der Waals surface area contributed by atoms with Gasteiger partial charge in [-0.25, -0.2) is 9.97 Å². The molecule has 0 spiro atoms. The van der Waals surface area contributed by atoms with Crippen molar-refractivity contribution in [3.63, 3.8) is 0 Å². The highest BCUT2D eigenvalue weighted by Gasteiger charge is 1.96. The lowest BCUT2D eigenvalue weighted by molar-refractivity contribution is 1.30. The zero-order chi connectivity index (χ0) is 11.5. The number of rotatable bonds is 2. The molecule has 0 radical (unpaired) electrons. The van der Waals surface area contributed by atoms with Crippen LogP contribution in [0, 0.1) is 0 Å². The molecule has 0 aliphatic carbocycles. The number of nitrogens with one attached hydrogen (secondary N) is 1. The molecule has 3 aromatic rings. The molecule has 2 heterocycles. The van der Waals surface area contributed by atoms with E-state index in [2.05, 4.69) is 33.2 Å². The molecule has 0 saturated carbocycles. The van der Waals surface area contributed by atoms with Gasteiger partial charge in [0.25, 0.3) is 0 Å². The molecule has 0 saturated heterocycles. The molecule has 0 fully saturated rings. The maximum absolute atomic E-state index is 4.26. The summed E-state index contributed by atoms with van der Waals surface area (Å²) < 4.78 is 0. The quantitative estimate of drug-likeness (QED) is 0.722. The first-order valence-electron chi connectivity index (χ1n) is 5.44. The number of fused-ring (bicyclic) bond motifs is 1. The van der Waals surface area contributed by atoms with Crippen molar-refractivity contribution in [2.24, 2.45) is 0 Å². The number of aromatic nitrogens is 3. The van der Waals surface area contributed by atoms with Crippen LogP contribution < -0.4 is 0 Å². The van der Waals surface area contributed by atoms with Crippen LogP contribution in [0.3, 0.4) is 0 Å². The minimum atomic E-state index is 0.752. The van der Waals surface area contributed by atoms with Crippen LogP contribution >= 0.6 is 0 Å². The van der Waals surface area contributed by atoms with Gasteiger partial charge in [0.15, 0.2) is 5.65 Å². The van der Waals surface area contributed by atoms with Crippen LogP contribution in [0.4, 0.5) is 0 Å². The van der Waals surface area contributed by atoms with Gasteiger partial charge in [0.2, 0.25) is 0 Å². The standard InChI is InChI=1S/C14H11N3/c1-2-4-11(5-3-1)6-7-12-8-13-14(15-9-12)17-10-16-13/h1-10H,(H,15,16,17). The topological polar surface area (TPSA) is 41.6 Å². The molecule has 3 nitrogen and oxygen atoms in total. The van der Waals surface area contributed by atoms with Crippen LogP contribution in [0.1, 0.15) is 11.1 Å². The fourth-order valence-corrected chi connectivity index (χ4v) is 1.69. The van der Waals surface area contributed by atoms with Gasteiger partial charge in [-0.05, 0) is 17.2 Å². The minimum absolute atomic E-state index is 0.752. The third kappa shape index (κ3) is 2.08. The second-order valence-corrected chi connectivity index (χ2v) is 3.79. The highest BCUT2D eigenvalue weighted by Crippen LogP contribution is 2.11. The van der Waals surface area contributed by atoms with Crippen molar-refractivity contribution >= 4 is 23.3 Å². The van der Waals surface area contributed by atoms with Gasteiger partial charge in [0.1, 0.15) is 0 Å². The summed E-state index contributed by atoms with van der Waals surface area (Å²) >= 11 is 0. The summed E-state index contributed by atoms with van der Waals surface area (Å²) in [6.45, 7) is 0. The van der Waals surface area contributed by atoms with E-state index in [-0.39, 0.29) is 0 Å². The molecule has 0 amide bonds. The molecule has 82 valence electrons. The number of hydrogen-bond donors (Lipinski definition) is 1. The maximum Gasteiger partial charge on any atom is 0.177 e. The van der Waals surface area contributed by atoms with Gasteiger partial charge >= 0.3 is 0 Å². The summed E-state index contributed by atoms with van der Waals surface area (Å²) in [5.41, 5.74) is 3.95. The van der Waals surface area contributed by atoms with Crippen LogP contribution in [0.15, 0.2) is 48.9 Å². The number of pyridine rings is 1. The Kier molecular flexibility index (Phi) is 2.43.